The Morgan fingerprint density at radius 2 is 1.42 bits per heavy atom. The first kappa shape index (κ1) is 28.6. The molecule has 0 heterocycles. The Balaban J connectivity index is 5.27. The lowest BCUT2D eigenvalue weighted by Gasteiger charge is -2.24. The van der Waals surface area contributed by atoms with Gasteiger partial charge in [-0.15, -0.1) is 0 Å². The molecule has 12 nitrogen and oxygen atoms in total. The average molecular weight is 464 g/mol. The van der Waals surface area contributed by atoms with Crippen LogP contribution >= 0.6 is 11.8 Å². The minimum absolute atomic E-state index is 0.213. The van der Waals surface area contributed by atoms with Gasteiger partial charge in [-0.1, -0.05) is 0 Å². The van der Waals surface area contributed by atoms with Crippen molar-refractivity contribution in [2.75, 3.05) is 25.1 Å². The fraction of sp³-hybridized carbons (Fsp3) is 0.722. The molecule has 0 saturated carbocycles. The van der Waals surface area contributed by atoms with E-state index in [0.29, 0.717) is 31.6 Å². The lowest BCUT2D eigenvalue weighted by atomic mass is 10.1. The normalized spacial score (nSPS) is 13.5. The maximum atomic E-state index is 12.7. The van der Waals surface area contributed by atoms with Crippen LogP contribution in [0.5, 0.6) is 0 Å². The molecule has 3 unspecified atom stereocenters. The smallest absolute Gasteiger partial charge is 0.326 e. The van der Waals surface area contributed by atoms with Crippen molar-refractivity contribution in [2.24, 2.45) is 11.5 Å². The van der Waals surface area contributed by atoms with Gasteiger partial charge < -0.3 is 37.6 Å². The SMILES string of the molecule is CSCCC(NC(=O)C(CCCCN)NC(=O)CN)C(=O)NC(CCC(=O)O)C(=O)O. The van der Waals surface area contributed by atoms with Crippen LogP contribution in [-0.2, 0) is 24.0 Å². The number of nitrogens with one attached hydrogen (secondary N) is 3. The summed E-state index contributed by atoms with van der Waals surface area (Å²) < 4.78 is 0. The van der Waals surface area contributed by atoms with Gasteiger partial charge in [0.15, 0.2) is 0 Å². The molecular formula is C18H33N5O7S. The second-order valence-electron chi connectivity index (χ2n) is 6.78. The van der Waals surface area contributed by atoms with Crippen molar-refractivity contribution >= 4 is 41.4 Å². The summed E-state index contributed by atoms with van der Waals surface area (Å²) in [5.41, 5.74) is 10.8. The van der Waals surface area contributed by atoms with E-state index in [9.17, 15) is 29.1 Å². The van der Waals surface area contributed by atoms with Gasteiger partial charge in [-0.3, -0.25) is 19.2 Å². The van der Waals surface area contributed by atoms with E-state index in [4.69, 9.17) is 16.6 Å². The first-order valence-electron chi connectivity index (χ1n) is 9.90. The number of rotatable bonds is 17. The molecule has 0 saturated heterocycles. The maximum Gasteiger partial charge on any atom is 0.326 e. The van der Waals surface area contributed by atoms with Gasteiger partial charge >= 0.3 is 11.9 Å². The van der Waals surface area contributed by atoms with E-state index in [1.165, 1.54) is 11.8 Å². The lowest BCUT2D eigenvalue weighted by Crippen LogP contribution is -2.56. The molecule has 0 aromatic carbocycles. The molecule has 13 heteroatoms. The molecule has 0 aromatic rings. The molecule has 178 valence electrons. The fourth-order valence-electron chi connectivity index (χ4n) is 2.59. The molecule has 0 aliphatic rings. The average Bonchev–Trinajstić information content (AvgIpc) is 2.72. The molecule has 9 N–H and O–H groups in total. The van der Waals surface area contributed by atoms with Crippen molar-refractivity contribution in [1.29, 1.82) is 0 Å². The molecule has 0 fully saturated rings. The Hall–Kier alpha value is -2.38. The van der Waals surface area contributed by atoms with Crippen LogP contribution < -0.4 is 27.4 Å². The molecule has 3 atom stereocenters. The van der Waals surface area contributed by atoms with E-state index in [1.54, 1.807) is 6.26 Å². The van der Waals surface area contributed by atoms with Gasteiger partial charge in [-0.2, -0.15) is 11.8 Å². The Morgan fingerprint density at radius 3 is 1.90 bits per heavy atom. The first-order chi connectivity index (χ1) is 14.7. The highest BCUT2D eigenvalue weighted by molar-refractivity contribution is 7.98. The van der Waals surface area contributed by atoms with E-state index in [2.05, 4.69) is 16.0 Å². The van der Waals surface area contributed by atoms with Crippen LogP contribution in [0.15, 0.2) is 0 Å². The summed E-state index contributed by atoms with van der Waals surface area (Å²) in [7, 11) is 0. The number of thioether (sulfide) groups is 1. The highest BCUT2D eigenvalue weighted by Gasteiger charge is 2.29. The van der Waals surface area contributed by atoms with Crippen LogP contribution in [0.2, 0.25) is 0 Å². The van der Waals surface area contributed by atoms with E-state index >= 15 is 0 Å². The van der Waals surface area contributed by atoms with E-state index in [0.717, 1.165) is 0 Å². The van der Waals surface area contributed by atoms with Gasteiger partial charge in [-0.05, 0) is 50.7 Å². The predicted octanol–water partition coefficient (Wildman–Crippen LogP) is -1.77. The van der Waals surface area contributed by atoms with E-state index in [-0.39, 0.29) is 19.4 Å². The Labute approximate surface area is 185 Å². The van der Waals surface area contributed by atoms with Crippen LogP contribution in [0.3, 0.4) is 0 Å². The van der Waals surface area contributed by atoms with Gasteiger partial charge in [0.25, 0.3) is 0 Å². The predicted molar refractivity (Wildman–Crippen MR) is 115 cm³/mol. The maximum absolute atomic E-state index is 12.7. The first-order valence-corrected chi connectivity index (χ1v) is 11.3. The third kappa shape index (κ3) is 12.8. The fourth-order valence-corrected chi connectivity index (χ4v) is 3.06. The van der Waals surface area contributed by atoms with Crippen LogP contribution in [0.25, 0.3) is 0 Å². The highest BCUT2D eigenvalue weighted by Crippen LogP contribution is 2.07. The standard InChI is InChI=1S/C18H33N5O7S/c1-31-9-7-12(17(28)23-13(18(29)30)5-6-15(25)26)22-16(27)11(4-2-3-8-19)21-14(24)10-20/h11-13H,2-10,19-20H2,1H3,(H,21,24)(H,22,27)(H,23,28)(H,25,26)(H,29,30). The molecule has 0 radical (unpaired) electrons. The topological polar surface area (TPSA) is 214 Å². The van der Waals surface area contributed by atoms with E-state index < -0.39 is 54.2 Å². The van der Waals surface area contributed by atoms with Gasteiger partial charge in [0.05, 0.1) is 6.54 Å². The molecule has 3 amide bonds. The Morgan fingerprint density at radius 1 is 0.839 bits per heavy atom. The number of amides is 3. The Bertz CT molecular complexity index is 620. The molecule has 0 aromatic heterocycles. The zero-order valence-corrected chi connectivity index (χ0v) is 18.4. The van der Waals surface area contributed by atoms with Crippen molar-refractivity contribution in [3.63, 3.8) is 0 Å². The summed E-state index contributed by atoms with van der Waals surface area (Å²) in [5.74, 6) is -3.94. The van der Waals surface area contributed by atoms with Gasteiger partial charge in [-0.25, -0.2) is 4.79 Å². The van der Waals surface area contributed by atoms with Crippen LogP contribution in [0.4, 0.5) is 0 Å². The molecular weight excluding hydrogens is 430 g/mol. The zero-order chi connectivity index (χ0) is 23.8. The largest absolute Gasteiger partial charge is 0.481 e. The number of carboxylic acid groups (broad SMARTS) is 2. The molecule has 0 spiro atoms. The van der Waals surface area contributed by atoms with Crippen molar-refractivity contribution in [3.8, 4) is 0 Å². The Kier molecular flexibility index (Phi) is 15.1. The van der Waals surface area contributed by atoms with E-state index in [1.807, 2.05) is 0 Å². The van der Waals surface area contributed by atoms with Crippen molar-refractivity contribution in [3.05, 3.63) is 0 Å². The summed E-state index contributed by atoms with van der Waals surface area (Å²) in [5, 5.41) is 25.3. The quantitative estimate of drug-likeness (QED) is 0.120. The molecule has 0 aliphatic carbocycles. The third-order valence-corrected chi connectivity index (χ3v) is 4.93. The molecule has 0 rings (SSSR count). The van der Waals surface area contributed by atoms with Crippen molar-refractivity contribution in [1.82, 2.24) is 16.0 Å². The summed E-state index contributed by atoms with van der Waals surface area (Å²) in [4.78, 5) is 59.1. The van der Waals surface area contributed by atoms with Crippen molar-refractivity contribution in [2.45, 2.75) is 56.7 Å². The second kappa shape index (κ2) is 16.3. The summed E-state index contributed by atoms with van der Waals surface area (Å²) in [6.07, 6.45) is 2.79. The number of carbonyl (C=O) groups is 5. The van der Waals surface area contributed by atoms with Crippen LogP contribution in [0, 0.1) is 0 Å². The zero-order valence-electron chi connectivity index (χ0n) is 17.6. The lowest BCUT2D eigenvalue weighted by molar-refractivity contribution is -0.143. The van der Waals surface area contributed by atoms with Gasteiger partial charge in [0.1, 0.15) is 18.1 Å². The van der Waals surface area contributed by atoms with Crippen LogP contribution in [0.1, 0.15) is 38.5 Å². The summed E-state index contributed by atoms with van der Waals surface area (Å²) in [6.45, 7) is 0.117. The molecule has 31 heavy (non-hydrogen) atoms. The molecule has 0 aliphatic heterocycles. The number of aliphatic carboxylic acids is 2. The monoisotopic (exact) mass is 463 g/mol. The van der Waals surface area contributed by atoms with Gasteiger partial charge in [0.2, 0.25) is 17.7 Å². The number of hydrogen-bond donors (Lipinski definition) is 7. The summed E-state index contributed by atoms with van der Waals surface area (Å²) >= 11 is 1.43. The van der Waals surface area contributed by atoms with Crippen LogP contribution in [-0.4, -0.2) is 83.1 Å². The summed E-state index contributed by atoms with van der Waals surface area (Å²) in [6, 6.07) is -3.39. The molecule has 0 bridgehead atoms. The third-order valence-electron chi connectivity index (χ3n) is 4.29. The minimum Gasteiger partial charge on any atom is -0.481 e. The number of carbonyl (C=O) groups excluding carboxylic acids is 3. The number of carboxylic acids is 2. The van der Waals surface area contributed by atoms with Gasteiger partial charge in [0, 0.05) is 6.42 Å². The second-order valence-corrected chi connectivity index (χ2v) is 7.77. The number of nitrogens with two attached hydrogens (primary N) is 2. The number of hydrogen-bond acceptors (Lipinski definition) is 8. The minimum atomic E-state index is -1.41. The number of unbranched alkanes of at least 4 members (excludes halogenated alkanes) is 1. The van der Waals surface area contributed by atoms with Crippen molar-refractivity contribution < 1.29 is 34.2 Å². The highest BCUT2D eigenvalue weighted by atomic mass is 32.2.